The zero-order valence-electron chi connectivity index (χ0n) is 14.1. The van der Waals surface area contributed by atoms with E-state index in [1.54, 1.807) is 0 Å². The lowest BCUT2D eigenvalue weighted by Gasteiger charge is -2.12. The number of nitrogens with one attached hydrogen (secondary N) is 2. The second kappa shape index (κ2) is 7.68. The van der Waals surface area contributed by atoms with Gasteiger partial charge in [-0.2, -0.15) is 5.10 Å². The summed E-state index contributed by atoms with van der Waals surface area (Å²) in [5.74, 6) is 0.705. The predicted octanol–water partition coefficient (Wildman–Crippen LogP) is 5.01. The molecule has 0 aliphatic carbocycles. The monoisotopic (exact) mass is 370 g/mol. The maximum atomic E-state index is 5.91. The molecule has 4 nitrogen and oxygen atoms in total. The number of aromatic nitrogens is 2. The van der Waals surface area contributed by atoms with E-state index in [1.165, 1.54) is 11.1 Å². The summed E-state index contributed by atoms with van der Waals surface area (Å²) >= 11 is 11.3. The van der Waals surface area contributed by atoms with Crippen LogP contribution in [0.3, 0.4) is 0 Å². The largest absolute Gasteiger partial charge is 0.332 e. The molecule has 0 amide bonds. The van der Waals surface area contributed by atoms with E-state index in [0.29, 0.717) is 17.5 Å². The molecule has 3 rings (SSSR count). The summed E-state index contributed by atoms with van der Waals surface area (Å²) in [6.45, 7) is 4.83. The number of nitrogens with zero attached hydrogens (tertiary/aromatic N) is 2. The van der Waals surface area contributed by atoms with Crippen LogP contribution in [0.25, 0.3) is 0 Å². The molecule has 1 aromatic heterocycles. The highest BCUT2D eigenvalue weighted by Gasteiger charge is 2.05. The first-order valence-electron chi connectivity index (χ1n) is 7.93. The standard InChI is InChI=1S/C19H19ClN4S/c1-13-4-3-5-17(14(13)2)21-19(25)22-18-10-11-24(23-18)12-15-6-8-16(20)9-7-15/h3-11H,12H2,1-2H3,(H2,21,22,23,25). The van der Waals surface area contributed by atoms with E-state index < -0.39 is 0 Å². The molecule has 0 radical (unpaired) electrons. The van der Waals surface area contributed by atoms with Crippen LogP contribution in [0.2, 0.25) is 5.02 Å². The second-order valence-corrected chi connectivity index (χ2v) is 6.70. The number of benzene rings is 2. The van der Waals surface area contributed by atoms with E-state index in [-0.39, 0.29) is 0 Å². The smallest absolute Gasteiger partial charge is 0.176 e. The first-order valence-corrected chi connectivity index (χ1v) is 8.72. The summed E-state index contributed by atoms with van der Waals surface area (Å²) < 4.78 is 1.85. The van der Waals surface area contributed by atoms with E-state index in [2.05, 4.69) is 35.6 Å². The number of aryl methyl sites for hydroxylation is 1. The van der Waals surface area contributed by atoms with Crippen LogP contribution >= 0.6 is 23.8 Å². The van der Waals surface area contributed by atoms with Crippen molar-refractivity contribution in [2.24, 2.45) is 0 Å². The molecule has 0 atom stereocenters. The quantitative estimate of drug-likeness (QED) is 0.633. The summed E-state index contributed by atoms with van der Waals surface area (Å²) in [4.78, 5) is 0. The topological polar surface area (TPSA) is 41.9 Å². The van der Waals surface area contributed by atoms with Crippen LogP contribution in [-0.4, -0.2) is 14.9 Å². The van der Waals surface area contributed by atoms with Crippen molar-refractivity contribution in [1.82, 2.24) is 9.78 Å². The third kappa shape index (κ3) is 4.59. The maximum Gasteiger partial charge on any atom is 0.176 e. The molecule has 0 bridgehead atoms. The number of hydrogen-bond acceptors (Lipinski definition) is 2. The highest BCUT2D eigenvalue weighted by molar-refractivity contribution is 7.80. The van der Waals surface area contributed by atoms with Gasteiger partial charge in [0.2, 0.25) is 0 Å². The molecule has 128 valence electrons. The summed E-state index contributed by atoms with van der Waals surface area (Å²) in [5, 5.41) is 12.1. The van der Waals surface area contributed by atoms with Crippen LogP contribution < -0.4 is 10.6 Å². The number of anilines is 2. The van der Waals surface area contributed by atoms with Crippen molar-refractivity contribution in [2.45, 2.75) is 20.4 Å². The molecule has 2 aromatic carbocycles. The molecule has 3 aromatic rings. The molecule has 2 N–H and O–H groups in total. The summed E-state index contributed by atoms with van der Waals surface area (Å²) in [7, 11) is 0. The lowest BCUT2D eigenvalue weighted by molar-refractivity contribution is 0.690. The predicted molar refractivity (Wildman–Crippen MR) is 109 cm³/mol. The van der Waals surface area contributed by atoms with Gasteiger partial charge in [-0.05, 0) is 61.0 Å². The van der Waals surface area contributed by atoms with Crippen molar-refractivity contribution in [2.75, 3.05) is 10.6 Å². The van der Waals surface area contributed by atoms with Gasteiger partial charge in [0.15, 0.2) is 10.9 Å². The van der Waals surface area contributed by atoms with Crippen molar-refractivity contribution >= 4 is 40.4 Å². The highest BCUT2D eigenvalue weighted by Crippen LogP contribution is 2.18. The molecule has 0 saturated heterocycles. The molecule has 0 aliphatic rings. The van der Waals surface area contributed by atoms with Crippen LogP contribution in [0.4, 0.5) is 11.5 Å². The van der Waals surface area contributed by atoms with E-state index in [1.807, 2.05) is 53.3 Å². The van der Waals surface area contributed by atoms with Crippen LogP contribution in [0.1, 0.15) is 16.7 Å². The van der Waals surface area contributed by atoms with Gasteiger partial charge in [-0.25, -0.2) is 0 Å². The Morgan fingerprint density at radius 2 is 1.84 bits per heavy atom. The van der Waals surface area contributed by atoms with Gasteiger partial charge in [0.05, 0.1) is 6.54 Å². The van der Waals surface area contributed by atoms with Crippen molar-refractivity contribution in [1.29, 1.82) is 0 Å². The lowest BCUT2D eigenvalue weighted by Crippen LogP contribution is -2.20. The van der Waals surface area contributed by atoms with Gasteiger partial charge in [0.25, 0.3) is 0 Å². The fourth-order valence-corrected chi connectivity index (χ4v) is 2.79. The molecule has 0 fully saturated rings. The first kappa shape index (κ1) is 17.5. The molecule has 0 spiro atoms. The van der Waals surface area contributed by atoms with Crippen LogP contribution in [0.5, 0.6) is 0 Å². The molecule has 1 heterocycles. The third-order valence-corrected chi connectivity index (χ3v) is 4.45. The van der Waals surface area contributed by atoms with Gasteiger partial charge in [-0.3, -0.25) is 4.68 Å². The zero-order valence-corrected chi connectivity index (χ0v) is 15.7. The Morgan fingerprint density at radius 1 is 1.08 bits per heavy atom. The van der Waals surface area contributed by atoms with Crippen LogP contribution in [-0.2, 0) is 6.54 Å². The molecule has 6 heteroatoms. The molecule has 0 aliphatic heterocycles. The fraction of sp³-hybridized carbons (Fsp3) is 0.158. The average Bonchev–Trinajstić information content (AvgIpc) is 3.01. The van der Waals surface area contributed by atoms with Gasteiger partial charge >= 0.3 is 0 Å². The number of hydrogen-bond donors (Lipinski definition) is 2. The second-order valence-electron chi connectivity index (χ2n) is 5.85. The van der Waals surface area contributed by atoms with Crippen molar-refractivity contribution < 1.29 is 0 Å². The summed E-state index contributed by atoms with van der Waals surface area (Å²) in [6, 6.07) is 15.7. The average molecular weight is 371 g/mol. The number of halogens is 1. The minimum absolute atomic E-state index is 0.519. The number of rotatable bonds is 4. The first-order chi connectivity index (χ1) is 12.0. The fourth-order valence-electron chi connectivity index (χ4n) is 2.45. The van der Waals surface area contributed by atoms with Gasteiger partial charge in [-0.1, -0.05) is 35.9 Å². The zero-order chi connectivity index (χ0) is 17.8. The molecular weight excluding hydrogens is 352 g/mol. The molecule has 25 heavy (non-hydrogen) atoms. The Kier molecular flexibility index (Phi) is 5.36. The third-order valence-electron chi connectivity index (χ3n) is 3.99. The highest BCUT2D eigenvalue weighted by atomic mass is 35.5. The molecule has 0 unspecified atom stereocenters. The Bertz CT molecular complexity index is 887. The molecule has 0 saturated carbocycles. The van der Waals surface area contributed by atoms with Gasteiger partial charge in [0.1, 0.15) is 0 Å². The van der Waals surface area contributed by atoms with Gasteiger partial charge in [-0.15, -0.1) is 0 Å². The molecular formula is C19H19ClN4S. The van der Waals surface area contributed by atoms with E-state index in [9.17, 15) is 0 Å². The van der Waals surface area contributed by atoms with E-state index >= 15 is 0 Å². The Hall–Kier alpha value is -2.37. The minimum Gasteiger partial charge on any atom is -0.332 e. The normalized spacial score (nSPS) is 10.5. The van der Waals surface area contributed by atoms with Crippen molar-refractivity contribution in [3.8, 4) is 0 Å². The Balaban J connectivity index is 1.61. The van der Waals surface area contributed by atoms with Crippen LogP contribution in [0, 0.1) is 13.8 Å². The Morgan fingerprint density at radius 3 is 2.60 bits per heavy atom. The maximum absolute atomic E-state index is 5.91. The lowest BCUT2D eigenvalue weighted by atomic mass is 10.1. The SMILES string of the molecule is Cc1cccc(NC(=S)Nc2ccn(Cc3ccc(Cl)cc3)n2)c1C. The van der Waals surface area contributed by atoms with Crippen LogP contribution in [0.15, 0.2) is 54.7 Å². The van der Waals surface area contributed by atoms with E-state index in [4.69, 9.17) is 23.8 Å². The minimum atomic E-state index is 0.519. The Labute approximate surface area is 157 Å². The van der Waals surface area contributed by atoms with Crippen molar-refractivity contribution in [3.05, 3.63) is 76.4 Å². The summed E-state index contributed by atoms with van der Waals surface area (Å²) in [5.41, 5.74) is 4.54. The number of thiocarbonyl (C=S) groups is 1. The van der Waals surface area contributed by atoms with Gasteiger partial charge in [0, 0.05) is 23.0 Å². The van der Waals surface area contributed by atoms with Crippen molar-refractivity contribution in [3.63, 3.8) is 0 Å². The van der Waals surface area contributed by atoms with E-state index in [0.717, 1.165) is 16.3 Å². The van der Waals surface area contributed by atoms with Gasteiger partial charge < -0.3 is 10.6 Å². The summed E-state index contributed by atoms with van der Waals surface area (Å²) in [6.07, 6.45) is 1.91.